The zero-order valence-electron chi connectivity index (χ0n) is 16.1. The first-order chi connectivity index (χ1) is 14.5. The highest BCUT2D eigenvalue weighted by atomic mass is 35.5. The minimum atomic E-state index is -0.438. The number of hydrogen-bond donors (Lipinski definition) is 1. The summed E-state index contributed by atoms with van der Waals surface area (Å²) in [7, 11) is 0. The molecule has 1 atom stereocenters. The highest BCUT2D eigenvalue weighted by molar-refractivity contribution is 6.35. The van der Waals surface area contributed by atoms with E-state index >= 15 is 0 Å². The highest BCUT2D eigenvalue weighted by Gasteiger charge is 2.43. The molecule has 6 nitrogen and oxygen atoms in total. The lowest BCUT2D eigenvalue weighted by atomic mass is 9.95. The third-order valence-electron chi connectivity index (χ3n) is 5.99. The van der Waals surface area contributed by atoms with Gasteiger partial charge in [-0.3, -0.25) is 14.5 Å². The van der Waals surface area contributed by atoms with Gasteiger partial charge in [-0.2, -0.15) is 0 Å². The Balaban J connectivity index is 1.29. The van der Waals surface area contributed by atoms with Crippen molar-refractivity contribution in [3.05, 3.63) is 58.3 Å². The molecule has 1 unspecified atom stereocenters. The van der Waals surface area contributed by atoms with Gasteiger partial charge >= 0.3 is 0 Å². The van der Waals surface area contributed by atoms with E-state index in [0.717, 1.165) is 42.8 Å². The van der Waals surface area contributed by atoms with E-state index in [4.69, 9.17) is 28.2 Å². The molecule has 1 N–H and O–H groups in total. The van der Waals surface area contributed by atoms with Crippen molar-refractivity contribution < 1.29 is 9.59 Å². The Morgan fingerprint density at radius 1 is 1.00 bits per heavy atom. The van der Waals surface area contributed by atoms with Crippen LogP contribution < -0.4 is 4.90 Å². The molecule has 0 spiro atoms. The van der Waals surface area contributed by atoms with Gasteiger partial charge in [0.05, 0.1) is 29.2 Å². The molecule has 3 heterocycles. The quantitative estimate of drug-likeness (QED) is 0.610. The number of carbonyl (C=O) groups excluding carboxylic acids is 2. The number of para-hydroxylation sites is 2. The predicted molar refractivity (Wildman–Crippen MR) is 117 cm³/mol. The number of benzene rings is 2. The van der Waals surface area contributed by atoms with Gasteiger partial charge in [-0.1, -0.05) is 35.3 Å². The summed E-state index contributed by atoms with van der Waals surface area (Å²) < 4.78 is 0. The number of fused-ring (bicyclic) bond motifs is 1. The normalized spacial score (nSPS) is 21.1. The largest absolute Gasteiger partial charge is 0.342 e. The Morgan fingerprint density at radius 3 is 2.40 bits per heavy atom. The smallest absolute Gasteiger partial charge is 0.251 e. The number of rotatable bonds is 3. The maximum atomic E-state index is 13.1. The van der Waals surface area contributed by atoms with E-state index in [1.54, 1.807) is 18.2 Å². The zero-order chi connectivity index (χ0) is 20.8. The minimum Gasteiger partial charge on any atom is -0.342 e. The van der Waals surface area contributed by atoms with Gasteiger partial charge in [0.15, 0.2) is 0 Å². The van der Waals surface area contributed by atoms with Gasteiger partial charge in [-0.25, -0.2) is 9.88 Å². The summed E-state index contributed by atoms with van der Waals surface area (Å²) in [6.45, 7) is 1.49. The summed E-state index contributed by atoms with van der Waals surface area (Å²) in [6, 6.07) is 12.3. The third kappa shape index (κ3) is 3.49. The van der Waals surface area contributed by atoms with Crippen LogP contribution in [0.15, 0.2) is 42.5 Å². The standard InChI is InChI=1S/C22H20Cl2N4O2/c23-14-9-15(24)11-16(10-14)28-20(29)12-19(22(28)30)27-7-5-13(6-8-27)21-25-17-3-1-2-4-18(17)26-21/h1-4,9-11,13,19H,5-8,12H2,(H,25,26). The Morgan fingerprint density at radius 2 is 1.70 bits per heavy atom. The lowest BCUT2D eigenvalue weighted by molar-refractivity contribution is -0.123. The first-order valence-corrected chi connectivity index (χ1v) is 10.8. The van der Waals surface area contributed by atoms with E-state index in [0.29, 0.717) is 21.7 Å². The van der Waals surface area contributed by atoms with Crippen molar-refractivity contribution in [2.45, 2.75) is 31.2 Å². The van der Waals surface area contributed by atoms with Gasteiger partial charge in [0.2, 0.25) is 5.91 Å². The van der Waals surface area contributed by atoms with Crippen molar-refractivity contribution >= 4 is 51.7 Å². The molecule has 2 fully saturated rings. The van der Waals surface area contributed by atoms with E-state index < -0.39 is 6.04 Å². The molecule has 0 bridgehead atoms. The number of imidazole rings is 1. The maximum absolute atomic E-state index is 13.1. The number of hydrogen-bond acceptors (Lipinski definition) is 4. The Kier molecular flexibility index (Phi) is 5.01. The number of nitrogens with zero attached hydrogens (tertiary/aromatic N) is 3. The third-order valence-corrected chi connectivity index (χ3v) is 6.43. The molecule has 154 valence electrons. The number of nitrogens with one attached hydrogen (secondary N) is 1. The van der Waals surface area contributed by atoms with E-state index in [9.17, 15) is 9.59 Å². The van der Waals surface area contributed by atoms with Crippen LogP contribution in [0.4, 0.5) is 5.69 Å². The fourth-order valence-electron chi connectivity index (χ4n) is 4.49. The molecular weight excluding hydrogens is 423 g/mol. The van der Waals surface area contributed by atoms with Crippen LogP contribution in [-0.2, 0) is 9.59 Å². The van der Waals surface area contributed by atoms with E-state index in [1.807, 2.05) is 24.3 Å². The van der Waals surface area contributed by atoms with Gasteiger partial charge < -0.3 is 4.98 Å². The summed E-state index contributed by atoms with van der Waals surface area (Å²) >= 11 is 12.1. The molecule has 5 rings (SSSR count). The van der Waals surface area contributed by atoms with Gasteiger partial charge in [0.1, 0.15) is 5.82 Å². The first kappa shape index (κ1) is 19.5. The molecule has 2 aliphatic rings. The van der Waals surface area contributed by atoms with Gasteiger partial charge in [0, 0.05) is 16.0 Å². The molecule has 30 heavy (non-hydrogen) atoms. The van der Waals surface area contributed by atoms with Gasteiger partial charge in [-0.05, 0) is 56.3 Å². The number of piperidine rings is 1. The number of anilines is 1. The molecule has 2 aromatic carbocycles. The molecule has 2 amide bonds. The second kappa shape index (κ2) is 7.69. The van der Waals surface area contributed by atoms with Crippen molar-refractivity contribution in [1.82, 2.24) is 14.9 Å². The van der Waals surface area contributed by atoms with Crippen LogP contribution in [0.2, 0.25) is 10.0 Å². The molecule has 2 saturated heterocycles. The molecular formula is C22H20Cl2N4O2. The molecule has 0 aliphatic carbocycles. The lowest BCUT2D eigenvalue weighted by Crippen LogP contribution is -2.45. The van der Waals surface area contributed by atoms with E-state index in [2.05, 4.69) is 9.88 Å². The van der Waals surface area contributed by atoms with Crippen LogP contribution in [0, 0.1) is 0 Å². The van der Waals surface area contributed by atoms with Crippen molar-refractivity contribution in [2.75, 3.05) is 18.0 Å². The number of imide groups is 1. The highest BCUT2D eigenvalue weighted by Crippen LogP contribution is 2.34. The summed E-state index contributed by atoms with van der Waals surface area (Å²) in [5.41, 5.74) is 2.45. The van der Waals surface area contributed by atoms with Crippen LogP contribution in [0.1, 0.15) is 31.0 Å². The number of aromatic nitrogens is 2. The number of likely N-dealkylation sites (tertiary alicyclic amines) is 1. The van der Waals surface area contributed by atoms with E-state index in [1.165, 1.54) is 4.90 Å². The summed E-state index contributed by atoms with van der Waals surface area (Å²) in [4.78, 5) is 37.2. The van der Waals surface area contributed by atoms with Crippen LogP contribution >= 0.6 is 23.2 Å². The number of aromatic amines is 1. The molecule has 2 aliphatic heterocycles. The summed E-state index contributed by atoms with van der Waals surface area (Å²) in [5, 5.41) is 0.793. The van der Waals surface area contributed by atoms with Crippen molar-refractivity contribution in [1.29, 1.82) is 0 Å². The molecule has 0 radical (unpaired) electrons. The van der Waals surface area contributed by atoms with E-state index in [-0.39, 0.29) is 18.2 Å². The summed E-state index contributed by atoms with van der Waals surface area (Å²) in [5.74, 6) is 0.895. The molecule has 3 aromatic rings. The van der Waals surface area contributed by atoms with Crippen LogP contribution in [0.25, 0.3) is 11.0 Å². The number of amides is 2. The monoisotopic (exact) mass is 442 g/mol. The Bertz CT molecular complexity index is 1080. The molecule has 0 saturated carbocycles. The van der Waals surface area contributed by atoms with Crippen LogP contribution in [-0.4, -0.2) is 45.8 Å². The molecule has 1 aromatic heterocycles. The number of halogens is 2. The van der Waals surface area contributed by atoms with Crippen LogP contribution in [0.5, 0.6) is 0 Å². The zero-order valence-corrected chi connectivity index (χ0v) is 17.7. The average Bonchev–Trinajstić information content (AvgIpc) is 3.28. The van der Waals surface area contributed by atoms with Gasteiger partial charge in [0.25, 0.3) is 5.91 Å². The first-order valence-electron chi connectivity index (χ1n) is 10.0. The number of H-pyrrole nitrogens is 1. The van der Waals surface area contributed by atoms with Crippen molar-refractivity contribution in [2.24, 2.45) is 0 Å². The van der Waals surface area contributed by atoms with Crippen molar-refractivity contribution in [3.63, 3.8) is 0 Å². The number of carbonyl (C=O) groups is 2. The SMILES string of the molecule is O=C1CC(N2CCC(c3nc4ccccc4[nH]3)CC2)C(=O)N1c1cc(Cl)cc(Cl)c1. The predicted octanol–water partition coefficient (Wildman–Crippen LogP) is 4.38. The van der Waals surface area contributed by atoms with Crippen LogP contribution in [0.3, 0.4) is 0 Å². The fourth-order valence-corrected chi connectivity index (χ4v) is 5.01. The minimum absolute atomic E-state index is 0.179. The second-order valence-electron chi connectivity index (χ2n) is 7.86. The van der Waals surface area contributed by atoms with Gasteiger partial charge in [-0.15, -0.1) is 0 Å². The topological polar surface area (TPSA) is 69.3 Å². The Labute approximate surface area is 183 Å². The second-order valence-corrected chi connectivity index (χ2v) is 8.74. The summed E-state index contributed by atoms with van der Waals surface area (Å²) in [6.07, 6.45) is 1.96. The fraction of sp³-hybridized carbons (Fsp3) is 0.318. The maximum Gasteiger partial charge on any atom is 0.251 e. The average molecular weight is 443 g/mol. The lowest BCUT2D eigenvalue weighted by Gasteiger charge is -2.34. The van der Waals surface area contributed by atoms with Crippen molar-refractivity contribution in [3.8, 4) is 0 Å². The Hall–Kier alpha value is -2.41. The molecule has 8 heteroatoms.